The molecule has 65 heavy (non-hydrogen) atoms. The molecule has 12 rings (SSSR count). The molecule has 0 saturated heterocycles. The van der Waals surface area contributed by atoms with Gasteiger partial charge in [0.05, 0.1) is 15.7 Å². The van der Waals surface area contributed by atoms with Crippen LogP contribution in [0.5, 0.6) is 0 Å². The molecule has 0 saturated carbocycles. The molecule has 306 valence electrons. The number of rotatable bonds is 9. The minimum absolute atomic E-state index is 1.10. The van der Waals surface area contributed by atoms with Crippen LogP contribution in [0.3, 0.4) is 0 Å². The predicted octanol–water partition coefficient (Wildman–Crippen LogP) is 17.8. The SMILES string of the molecule is c1ccc(-c2ccc(N(c3ccc(-c4ccccc4)cc3)c3ccc(-c4ccc(-n5c6ccc(-c7ccccc7)cc6c6sc7c(-c8ccccc8)cccc7c65)cc4)cc3)cc2)cc1. The van der Waals surface area contributed by atoms with Gasteiger partial charge in [0.1, 0.15) is 0 Å². The first-order valence-electron chi connectivity index (χ1n) is 22.2. The first-order valence-corrected chi connectivity index (χ1v) is 23.0. The molecule has 0 amide bonds. The van der Waals surface area contributed by atoms with E-state index in [0.717, 1.165) is 22.7 Å². The van der Waals surface area contributed by atoms with Crippen LogP contribution in [-0.2, 0) is 0 Å². The molecule has 0 unspecified atom stereocenters. The summed E-state index contributed by atoms with van der Waals surface area (Å²) in [6.07, 6.45) is 0. The Hall–Kier alpha value is -8.24. The van der Waals surface area contributed by atoms with Crippen LogP contribution in [0, 0.1) is 0 Å². The van der Waals surface area contributed by atoms with Crippen molar-refractivity contribution in [2.75, 3.05) is 4.90 Å². The van der Waals surface area contributed by atoms with Crippen molar-refractivity contribution < 1.29 is 0 Å². The minimum Gasteiger partial charge on any atom is -0.311 e. The lowest BCUT2D eigenvalue weighted by atomic mass is 10.0. The Labute approximate surface area is 383 Å². The van der Waals surface area contributed by atoms with Crippen molar-refractivity contribution in [3.8, 4) is 61.3 Å². The standard InChI is InChI=1S/C62H42N2S/c1-5-14-43(15-6-1)46-24-33-52(34-25-46)63(53-35-26-47(27-36-53)44-16-7-2-8-17-44)54-37-28-48(29-38-54)49-30-39-55(40-31-49)64-59-41-32-51(45-18-9-3-10-19-45)42-58(59)62-60(64)57-23-13-22-56(61(57)65-62)50-20-11-4-12-21-50/h1-42H. The quantitative estimate of drug-likeness (QED) is 0.140. The van der Waals surface area contributed by atoms with E-state index < -0.39 is 0 Å². The molecule has 0 radical (unpaired) electrons. The first-order chi connectivity index (χ1) is 32.2. The fourth-order valence-corrected chi connectivity index (χ4v) is 10.7. The maximum Gasteiger partial charge on any atom is 0.0727 e. The maximum absolute atomic E-state index is 2.48. The average molecular weight is 847 g/mol. The van der Waals surface area contributed by atoms with Crippen LogP contribution in [0.2, 0.25) is 0 Å². The van der Waals surface area contributed by atoms with E-state index in [4.69, 9.17) is 0 Å². The number of benzene rings is 10. The predicted molar refractivity (Wildman–Crippen MR) is 278 cm³/mol. The average Bonchev–Trinajstić information content (AvgIpc) is 3.93. The van der Waals surface area contributed by atoms with E-state index in [-0.39, 0.29) is 0 Å². The summed E-state index contributed by atoms with van der Waals surface area (Å²) in [5, 5.41) is 2.55. The second kappa shape index (κ2) is 16.5. The number of nitrogens with zero attached hydrogens (tertiary/aromatic N) is 2. The van der Waals surface area contributed by atoms with Crippen LogP contribution in [0.1, 0.15) is 0 Å². The van der Waals surface area contributed by atoms with Gasteiger partial charge >= 0.3 is 0 Å². The van der Waals surface area contributed by atoms with Crippen LogP contribution < -0.4 is 4.90 Å². The molecule has 2 aromatic heterocycles. The van der Waals surface area contributed by atoms with Crippen LogP contribution in [0.15, 0.2) is 255 Å². The fourth-order valence-electron chi connectivity index (χ4n) is 9.39. The van der Waals surface area contributed by atoms with Gasteiger partial charge in [-0.3, -0.25) is 0 Å². The van der Waals surface area contributed by atoms with Gasteiger partial charge in [-0.2, -0.15) is 0 Å². The molecule has 0 aliphatic carbocycles. The number of fused-ring (bicyclic) bond motifs is 5. The molecule has 0 aliphatic rings. The lowest BCUT2D eigenvalue weighted by Crippen LogP contribution is -2.09. The third-order valence-electron chi connectivity index (χ3n) is 12.6. The zero-order valence-corrected chi connectivity index (χ0v) is 36.4. The maximum atomic E-state index is 2.48. The molecule has 0 atom stereocenters. The number of hydrogen-bond donors (Lipinski definition) is 0. The van der Waals surface area contributed by atoms with E-state index >= 15 is 0 Å². The number of anilines is 3. The second-order valence-electron chi connectivity index (χ2n) is 16.5. The van der Waals surface area contributed by atoms with Crippen molar-refractivity contribution >= 4 is 59.6 Å². The van der Waals surface area contributed by atoms with Gasteiger partial charge in [-0.15, -0.1) is 11.3 Å². The van der Waals surface area contributed by atoms with Gasteiger partial charge in [0, 0.05) is 38.2 Å². The van der Waals surface area contributed by atoms with Gasteiger partial charge in [-0.25, -0.2) is 0 Å². The Morgan fingerprint density at radius 2 is 0.692 bits per heavy atom. The summed E-state index contributed by atoms with van der Waals surface area (Å²) in [7, 11) is 0. The van der Waals surface area contributed by atoms with Crippen LogP contribution >= 0.6 is 11.3 Å². The summed E-state index contributed by atoms with van der Waals surface area (Å²) in [6, 6.07) is 92.2. The summed E-state index contributed by atoms with van der Waals surface area (Å²) in [5.41, 5.74) is 19.0. The highest BCUT2D eigenvalue weighted by molar-refractivity contribution is 7.27. The Morgan fingerprint density at radius 1 is 0.292 bits per heavy atom. The zero-order valence-electron chi connectivity index (χ0n) is 35.6. The highest BCUT2D eigenvalue weighted by Crippen LogP contribution is 2.47. The molecule has 10 aromatic carbocycles. The lowest BCUT2D eigenvalue weighted by Gasteiger charge is -2.26. The van der Waals surface area contributed by atoms with Gasteiger partial charge in [0.2, 0.25) is 0 Å². The topological polar surface area (TPSA) is 8.17 Å². The normalized spacial score (nSPS) is 11.4. The lowest BCUT2D eigenvalue weighted by molar-refractivity contribution is 1.19. The molecule has 0 bridgehead atoms. The molecular weight excluding hydrogens is 805 g/mol. The molecule has 0 fully saturated rings. The van der Waals surface area contributed by atoms with E-state index in [1.54, 1.807) is 0 Å². The third-order valence-corrected chi connectivity index (χ3v) is 13.9. The number of aromatic nitrogens is 1. The Balaban J connectivity index is 0.921. The molecule has 2 heterocycles. The van der Waals surface area contributed by atoms with Crippen molar-refractivity contribution in [2.45, 2.75) is 0 Å². The Kier molecular flexibility index (Phi) is 9.74. The summed E-state index contributed by atoms with van der Waals surface area (Å²) < 4.78 is 5.10. The molecule has 0 spiro atoms. The van der Waals surface area contributed by atoms with Crippen molar-refractivity contribution in [3.63, 3.8) is 0 Å². The zero-order chi connectivity index (χ0) is 43.1. The summed E-state index contributed by atoms with van der Waals surface area (Å²) in [5.74, 6) is 0. The summed E-state index contributed by atoms with van der Waals surface area (Å²) >= 11 is 1.91. The van der Waals surface area contributed by atoms with Gasteiger partial charge in [0.15, 0.2) is 0 Å². The minimum atomic E-state index is 1.10. The van der Waals surface area contributed by atoms with Crippen molar-refractivity contribution in [2.24, 2.45) is 0 Å². The summed E-state index contributed by atoms with van der Waals surface area (Å²) in [6.45, 7) is 0. The fraction of sp³-hybridized carbons (Fsp3) is 0. The van der Waals surface area contributed by atoms with Crippen LogP contribution in [0.25, 0.3) is 92.5 Å². The molecule has 0 aliphatic heterocycles. The molecule has 12 aromatic rings. The van der Waals surface area contributed by atoms with Gasteiger partial charge in [0.25, 0.3) is 0 Å². The van der Waals surface area contributed by atoms with E-state index in [2.05, 4.69) is 264 Å². The Bertz CT molecular complexity index is 3490. The molecule has 0 N–H and O–H groups in total. The summed E-state index contributed by atoms with van der Waals surface area (Å²) in [4.78, 5) is 2.34. The number of thiophene rings is 1. The number of hydrogen-bond acceptors (Lipinski definition) is 2. The van der Waals surface area contributed by atoms with Crippen LogP contribution in [0.4, 0.5) is 17.1 Å². The van der Waals surface area contributed by atoms with E-state index in [0.29, 0.717) is 0 Å². The van der Waals surface area contributed by atoms with Crippen molar-refractivity contribution in [3.05, 3.63) is 255 Å². The van der Waals surface area contributed by atoms with Crippen LogP contribution in [-0.4, -0.2) is 4.57 Å². The Morgan fingerprint density at radius 3 is 1.17 bits per heavy atom. The van der Waals surface area contributed by atoms with E-state index in [9.17, 15) is 0 Å². The van der Waals surface area contributed by atoms with Gasteiger partial charge in [-0.05, 0) is 116 Å². The van der Waals surface area contributed by atoms with Crippen molar-refractivity contribution in [1.29, 1.82) is 0 Å². The second-order valence-corrected chi connectivity index (χ2v) is 17.5. The molecule has 3 heteroatoms. The molecular formula is C62H42N2S. The van der Waals surface area contributed by atoms with E-state index in [1.165, 1.54) is 86.8 Å². The van der Waals surface area contributed by atoms with Crippen molar-refractivity contribution in [1.82, 2.24) is 4.57 Å². The van der Waals surface area contributed by atoms with Gasteiger partial charge < -0.3 is 9.47 Å². The molecule has 2 nitrogen and oxygen atoms in total. The third kappa shape index (κ3) is 7.09. The smallest absolute Gasteiger partial charge is 0.0727 e. The highest BCUT2D eigenvalue weighted by Gasteiger charge is 2.21. The highest BCUT2D eigenvalue weighted by atomic mass is 32.1. The first kappa shape index (κ1) is 38.4. The van der Waals surface area contributed by atoms with E-state index in [1.807, 2.05) is 11.3 Å². The monoisotopic (exact) mass is 846 g/mol. The van der Waals surface area contributed by atoms with Gasteiger partial charge in [-0.1, -0.05) is 194 Å². The largest absolute Gasteiger partial charge is 0.311 e.